The highest BCUT2D eigenvalue weighted by molar-refractivity contribution is 7.88. The average molecular weight is 421 g/mol. The van der Waals surface area contributed by atoms with Gasteiger partial charge in [0.15, 0.2) is 5.69 Å². The molecule has 1 N–H and O–H groups in total. The van der Waals surface area contributed by atoms with Crippen molar-refractivity contribution in [1.29, 1.82) is 0 Å². The standard InChI is InChI=1S/C20H28N4O4S/c1-3-4-7-12-24-19(25)17-9-6-5-8-16(17)18(21-24)20(26)23-13-10-15(11-14-23)22-29(2,27)28/h5-6,8-9,15,22H,3-4,7,10-14H2,1-2H3. The van der Waals surface area contributed by atoms with Gasteiger partial charge in [0, 0.05) is 31.1 Å². The number of aromatic nitrogens is 2. The number of likely N-dealkylation sites (tertiary alicyclic amines) is 1. The third kappa shape index (κ3) is 5.22. The van der Waals surface area contributed by atoms with E-state index in [2.05, 4.69) is 16.7 Å². The molecule has 1 aromatic carbocycles. The fraction of sp³-hybridized carbons (Fsp3) is 0.550. The number of nitrogens with one attached hydrogen (secondary N) is 1. The van der Waals surface area contributed by atoms with E-state index in [0.29, 0.717) is 43.2 Å². The van der Waals surface area contributed by atoms with Gasteiger partial charge in [0.1, 0.15) is 0 Å². The zero-order valence-corrected chi connectivity index (χ0v) is 17.7. The van der Waals surface area contributed by atoms with Crippen LogP contribution < -0.4 is 10.3 Å². The molecule has 29 heavy (non-hydrogen) atoms. The lowest BCUT2D eigenvalue weighted by Crippen LogP contribution is -2.46. The van der Waals surface area contributed by atoms with Gasteiger partial charge in [0.2, 0.25) is 10.0 Å². The average Bonchev–Trinajstić information content (AvgIpc) is 2.69. The van der Waals surface area contributed by atoms with Crippen molar-refractivity contribution in [2.75, 3.05) is 19.3 Å². The molecule has 3 rings (SSSR count). The van der Waals surface area contributed by atoms with Crippen LogP contribution in [0.1, 0.15) is 49.5 Å². The Bertz CT molecular complexity index is 1040. The predicted molar refractivity (Wildman–Crippen MR) is 112 cm³/mol. The highest BCUT2D eigenvalue weighted by Crippen LogP contribution is 2.19. The molecule has 0 spiro atoms. The first kappa shape index (κ1) is 21.4. The summed E-state index contributed by atoms with van der Waals surface area (Å²) in [6.07, 6.45) is 5.09. The zero-order valence-electron chi connectivity index (χ0n) is 16.9. The largest absolute Gasteiger partial charge is 0.337 e. The SMILES string of the molecule is CCCCCn1nc(C(=O)N2CCC(NS(C)(=O)=O)CC2)c2ccccc2c1=O. The number of unbranched alkanes of at least 4 members (excludes halogenated alkanes) is 2. The second-order valence-corrected chi connectivity index (χ2v) is 9.37. The lowest BCUT2D eigenvalue weighted by molar-refractivity contribution is 0.0705. The van der Waals surface area contributed by atoms with Crippen molar-refractivity contribution in [3.8, 4) is 0 Å². The molecular weight excluding hydrogens is 392 g/mol. The fourth-order valence-electron chi connectivity index (χ4n) is 3.71. The lowest BCUT2D eigenvalue weighted by atomic mass is 10.0. The summed E-state index contributed by atoms with van der Waals surface area (Å²) in [5.41, 5.74) is 0.107. The van der Waals surface area contributed by atoms with Gasteiger partial charge in [-0.1, -0.05) is 38.0 Å². The van der Waals surface area contributed by atoms with Crippen molar-refractivity contribution in [1.82, 2.24) is 19.4 Å². The molecule has 0 bridgehead atoms. The van der Waals surface area contributed by atoms with Gasteiger partial charge < -0.3 is 4.90 Å². The van der Waals surface area contributed by atoms with Crippen molar-refractivity contribution in [2.24, 2.45) is 0 Å². The fourth-order valence-corrected chi connectivity index (χ4v) is 4.55. The number of piperidine rings is 1. The van der Waals surface area contributed by atoms with Crippen LogP contribution in [0.15, 0.2) is 29.1 Å². The molecule has 1 amide bonds. The molecule has 2 aromatic rings. The van der Waals surface area contributed by atoms with Crippen molar-refractivity contribution in [3.05, 3.63) is 40.3 Å². The number of fused-ring (bicyclic) bond motifs is 1. The monoisotopic (exact) mass is 420 g/mol. The molecule has 9 heteroatoms. The van der Waals surface area contributed by atoms with E-state index in [1.54, 1.807) is 29.2 Å². The van der Waals surface area contributed by atoms with Crippen LogP contribution in [0.5, 0.6) is 0 Å². The molecule has 1 aliphatic rings. The number of aryl methyl sites for hydroxylation is 1. The summed E-state index contributed by atoms with van der Waals surface area (Å²) < 4.78 is 26.9. The number of nitrogens with zero attached hydrogens (tertiary/aromatic N) is 3. The Hall–Kier alpha value is -2.26. The molecule has 1 aliphatic heterocycles. The van der Waals surface area contributed by atoms with Gasteiger partial charge in [-0.3, -0.25) is 9.59 Å². The second kappa shape index (κ2) is 9.04. The molecule has 8 nitrogen and oxygen atoms in total. The van der Waals surface area contributed by atoms with Crippen molar-refractivity contribution >= 4 is 26.7 Å². The summed E-state index contributed by atoms with van der Waals surface area (Å²) in [5, 5.41) is 5.48. The number of benzene rings is 1. The Morgan fingerprint density at radius 3 is 2.45 bits per heavy atom. The van der Waals surface area contributed by atoms with Crippen LogP contribution in [-0.4, -0.2) is 54.4 Å². The van der Waals surface area contributed by atoms with Crippen LogP contribution in [0.3, 0.4) is 0 Å². The molecule has 0 radical (unpaired) electrons. The number of rotatable bonds is 7. The minimum atomic E-state index is -3.27. The van der Waals surface area contributed by atoms with Crippen LogP contribution in [-0.2, 0) is 16.6 Å². The van der Waals surface area contributed by atoms with Crippen LogP contribution in [0.4, 0.5) is 0 Å². The highest BCUT2D eigenvalue weighted by atomic mass is 32.2. The summed E-state index contributed by atoms with van der Waals surface area (Å²) >= 11 is 0. The van der Waals surface area contributed by atoms with E-state index in [4.69, 9.17) is 0 Å². The number of hydrogen-bond donors (Lipinski definition) is 1. The maximum absolute atomic E-state index is 13.2. The van der Waals surface area contributed by atoms with E-state index in [1.807, 2.05) is 0 Å². The first-order valence-electron chi connectivity index (χ1n) is 10.1. The Kier molecular flexibility index (Phi) is 6.69. The minimum Gasteiger partial charge on any atom is -0.337 e. The quantitative estimate of drug-likeness (QED) is 0.688. The third-order valence-electron chi connectivity index (χ3n) is 5.21. The van der Waals surface area contributed by atoms with Crippen molar-refractivity contribution in [3.63, 3.8) is 0 Å². The van der Waals surface area contributed by atoms with Gasteiger partial charge in [0.05, 0.1) is 11.6 Å². The van der Waals surface area contributed by atoms with E-state index < -0.39 is 10.0 Å². The zero-order chi connectivity index (χ0) is 21.0. The molecule has 0 saturated carbocycles. The Balaban J connectivity index is 1.86. The molecule has 1 fully saturated rings. The van der Waals surface area contributed by atoms with E-state index in [0.717, 1.165) is 25.5 Å². The molecule has 158 valence electrons. The van der Waals surface area contributed by atoms with E-state index in [-0.39, 0.29) is 23.2 Å². The highest BCUT2D eigenvalue weighted by Gasteiger charge is 2.27. The van der Waals surface area contributed by atoms with Gasteiger partial charge in [-0.15, -0.1) is 0 Å². The van der Waals surface area contributed by atoms with E-state index in [9.17, 15) is 18.0 Å². The number of amides is 1. The first-order chi connectivity index (χ1) is 13.8. The summed E-state index contributed by atoms with van der Waals surface area (Å²) in [5.74, 6) is -0.219. The molecule has 2 heterocycles. The van der Waals surface area contributed by atoms with Crippen LogP contribution in [0.2, 0.25) is 0 Å². The van der Waals surface area contributed by atoms with Gasteiger partial charge >= 0.3 is 0 Å². The normalized spacial score (nSPS) is 15.7. The molecule has 0 unspecified atom stereocenters. The van der Waals surface area contributed by atoms with Gasteiger partial charge in [-0.05, 0) is 25.3 Å². The van der Waals surface area contributed by atoms with Crippen LogP contribution in [0, 0.1) is 0 Å². The first-order valence-corrected chi connectivity index (χ1v) is 12.0. The molecule has 1 aromatic heterocycles. The lowest BCUT2D eigenvalue weighted by Gasteiger charge is -2.32. The Morgan fingerprint density at radius 1 is 1.17 bits per heavy atom. The third-order valence-corrected chi connectivity index (χ3v) is 5.97. The van der Waals surface area contributed by atoms with Crippen LogP contribution in [0.25, 0.3) is 10.8 Å². The molecule has 0 aliphatic carbocycles. The summed E-state index contributed by atoms with van der Waals surface area (Å²) in [6.45, 7) is 3.46. The van der Waals surface area contributed by atoms with Gasteiger partial charge in [0.25, 0.3) is 11.5 Å². The summed E-state index contributed by atoms with van der Waals surface area (Å²) in [4.78, 5) is 27.7. The van der Waals surface area contributed by atoms with Gasteiger partial charge in [-0.25, -0.2) is 17.8 Å². The number of carbonyl (C=O) groups is 1. The number of carbonyl (C=O) groups excluding carboxylic acids is 1. The summed E-state index contributed by atoms with van der Waals surface area (Å²) in [7, 11) is -3.27. The van der Waals surface area contributed by atoms with Crippen LogP contribution >= 0.6 is 0 Å². The Morgan fingerprint density at radius 2 is 1.83 bits per heavy atom. The maximum atomic E-state index is 13.2. The van der Waals surface area contributed by atoms with E-state index in [1.165, 1.54) is 4.68 Å². The topological polar surface area (TPSA) is 101 Å². The minimum absolute atomic E-state index is 0.165. The van der Waals surface area contributed by atoms with Gasteiger partial charge in [-0.2, -0.15) is 5.10 Å². The summed E-state index contributed by atoms with van der Waals surface area (Å²) in [6, 6.07) is 6.91. The number of hydrogen-bond acceptors (Lipinski definition) is 5. The predicted octanol–water partition coefficient (Wildman–Crippen LogP) is 1.74. The molecular formula is C20H28N4O4S. The van der Waals surface area contributed by atoms with Crippen molar-refractivity contribution < 1.29 is 13.2 Å². The molecule has 1 saturated heterocycles. The molecule has 0 atom stereocenters. The van der Waals surface area contributed by atoms with E-state index >= 15 is 0 Å². The number of sulfonamides is 1. The Labute approximate surface area is 170 Å². The second-order valence-electron chi connectivity index (χ2n) is 7.59. The smallest absolute Gasteiger partial charge is 0.274 e. The van der Waals surface area contributed by atoms with Crippen molar-refractivity contribution in [2.45, 2.75) is 51.6 Å². The maximum Gasteiger partial charge on any atom is 0.274 e.